The summed E-state index contributed by atoms with van der Waals surface area (Å²) >= 11 is 6.35. The van der Waals surface area contributed by atoms with Crippen molar-refractivity contribution in [3.05, 3.63) is 29.0 Å². The van der Waals surface area contributed by atoms with Crippen LogP contribution in [-0.4, -0.2) is 72.3 Å². The van der Waals surface area contributed by atoms with E-state index in [1.807, 2.05) is 6.07 Å². The summed E-state index contributed by atoms with van der Waals surface area (Å²) in [5.41, 5.74) is 0.963. The first-order valence-corrected chi connectivity index (χ1v) is 11.8. The zero-order chi connectivity index (χ0) is 20.4. The number of aryl methyl sites for hydroxylation is 1. The predicted octanol–water partition coefficient (Wildman–Crippen LogP) is 1.29. The van der Waals surface area contributed by atoms with Gasteiger partial charge in [-0.25, -0.2) is 13.1 Å². The second kappa shape index (κ2) is 8.55. The molecule has 2 aromatic rings. The highest BCUT2D eigenvalue weighted by atomic mass is 35.5. The molecule has 0 amide bonds. The van der Waals surface area contributed by atoms with Gasteiger partial charge in [0.05, 0.1) is 11.6 Å². The van der Waals surface area contributed by atoms with Gasteiger partial charge >= 0.3 is 0 Å². The Hall–Kier alpha value is -1.75. The number of hydrogen-bond acceptors (Lipinski definition) is 7. The molecule has 4 rings (SSSR count). The molecule has 0 bridgehead atoms. The highest BCUT2D eigenvalue weighted by Crippen LogP contribution is 2.29. The molecule has 1 aromatic heterocycles. The lowest BCUT2D eigenvalue weighted by Gasteiger charge is -2.43. The van der Waals surface area contributed by atoms with Crippen LogP contribution < -0.4 is 9.62 Å². The Labute approximate surface area is 176 Å². The number of tetrazole rings is 1. The predicted molar refractivity (Wildman–Crippen MR) is 111 cm³/mol. The largest absolute Gasteiger partial charge is 0.369 e. The molecule has 11 heteroatoms. The summed E-state index contributed by atoms with van der Waals surface area (Å²) in [7, 11) is -3.72. The van der Waals surface area contributed by atoms with E-state index in [0.717, 1.165) is 37.9 Å². The van der Waals surface area contributed by atoms with Crippen molar-refractivity contribution in [2.45, 2.75) is 43.7 Å². The topological polar surface area (TPSA) is 96.2 Å². The average Bonchev–Trinajstić information content (AvgIpc) is 3.05. The van der Waals surface area contributed by atoms with Crippen molar-refractivity contribution in [3.63, 3.8) is 0 Å². The van der Waals surface area contributed by atoms with Gasteiger partial charge in [-0.15, -0.1) is 10.2 Å². The van der Waals surface area contributed by atoms with Crippen LogP contribution in [0.5, 0.6) is 0 Å². The maximum Gasteiger partial charge on any atom is 0.242 e. The maximum atomic E-state index is 12.6. The monoisotopic (exact) mass is 439 g/mol. The Morgan fingerprint density at radius 1 is 1.21 bits per heavy atom. The van der Waals surface area contributed by atoms with Crippen LogP contribution in [0.1, 0.15) is 25.1 Å². The number of rotatable bonds is 7. The van der Waals surface area contributed by atoms with Crippen LogP contribution in [0, 0.1) is 6.92 Å². The first-order valence-electron chi connectivity index (χ1n) is 9.95. The first kappa shape index (κ1) is 20.5. The minimum absolute atomic E-state index is 0.0822. The fourth-order valence-corrected chi connectivity index (χ4v) is 5.34. The Balaban J connectivity index is 1.36. The minimum Gasteiger partial charge on any atom is -0.369 e. The van der Waals surface area contributed by atoms with Crippen LogP contribution in [0.2, 0.25) is 5.02 Å². The van der Waals surface area contributed by atoms with Gasteiger partial charge in [0, 0.05) is 44.5 Å². The number of nitrogens with one attached hydrogen (secondary N) is 1. The number of nitrogens with zero attached hydrogens (tertiary/aromatic N) is 6. The second-order valence-corrected chi connectivity index (χ2v) is 9.70. The molecule has 0 atom stereocenters. The Morgan fingerprint density at radius 2 is 1.97 bits per heavy atom. The van der Waals surface area contributed by atoms with E-state index in [-0.39, 0.29) is 16.5 Å². The summed E-state index contributed by atoms with van der Waals surface area (Å²) in [5, 5.41) is 11.8. The van der Waals surface area contributed by atoms with E-state index < -0.39 is 10.0 Å². The van der Waals surface area contributed by atoms with E-state index in [9.17, 15) is 8.42 Å². The van der Waals surface area contributed by atoms with Crippen LogP contribution in [0.4, 0.5) is 5.69 Å². The van der Waals surface area contributed by atoms with Crippen molar-refractivity contribution in [1.82, 2.24) is 29.8 Å². The third-order valence-corrected chi connectivity index (χ3v) is 7.58. The van der Waals surface area contributed by atoms with Crippen LogP contribution in [-0.2, 0) is 16.6 Å². The highest BCUT2D eigenvalue weighted by Gasteiger charge is 2.28. The van der Waals surface area contributed by atoms with E-state index in [1.54, 1.807) is 19.1 Å². The highest BCUT2D eigenvalue weighted by molar-refractivity contribution is 7.89. The lowest BCUT2D eigenvalue weighted by atomic mass is 9.91. The molecule has 0 spiro atoms. The Kier molecular flexibility index (Phi) is 6.05. The molecule has 0 radical (unpaired) electrons. The number of piperazine rings is 1. The Bertz CT molecular complexity index is 953. The Morgan fingerprint density at radius 3 is 2.55 bits per heavy atom. The standard InChI is InChI=1S/C18H26ClN7O2S/c1-14-21-23-26(22-14)8-7-20-29(27,28)18-6-5-16(13-17(18)19)25-11-9-24(10-12-25)15-3-2-4-15/h5-6,13,15,20H,2-4,7-12H2,1H3. The molecular weight excluding hydrogens is 414 g/mol. The molecule has 2 aliphatic rings. The van der Waals surface area contributed by atoms with Gasteiger partial charge in [-0.2, -0.15) is 4.80 Å². The van der Waals surface area contributed by atoms with Crippen LogP contribution in [0.15, 0.2) is 23.1 Å². The van der Waals surface area contributed by atoms with Gasteiger partial charge in [0.1, 0.15) is 4.90 Å². The van der Waals surface area contributed by atoms with Crippen LogP contribution in [0.3, 0.4) is 0 Å². The summed E-state index contributed by atoms with van der Waals surface area (Å²) in [6.07, 6.45) is 3.98. The molecule has 1 saturated carbocycles. The average molecular weight is 440 g/mol. The van der Waals surface area contributed by atoms with E-state index >= 15 is 0 Å². The molecule has 2 heterocycles. The zero-order valence-electron chi connectivity index (χ0n) is 16.5. The number of halogens is 1. The zero-order valence-corrected chi connectivity index (χ0v) is 18.0. The van der Waals surface area contributed by atoms with Crippen LogP contribution in [0.25, 0.3) is 0 Å². The van der Waals surface area contributed by atoms with E-state index in [1.165, 1.54) is 24.1 Å². The first-order chi connectivity index (χ1) is 13.9. The normalized spacial score (nSPS) is 18.8. The second-order valence-electron chi connectivity index (χ2n) is 7.55. The minimum atomic E-state index is -3.72. The van der Waals surface area contributed by atoms with Gasteiger partial charge in [0.2, 0.25) is 10.0 Å². The number of aromatic nitrogens is 4. The SMILES string of the molecule is Cc1nnn(CCNS(=O)(=O)c2ccc(N3CCN(C4CCC4)CC3)cc2Cl)n1. The molecule has 1 N–H and O–H groups in total. The number of anilines is 1. The van der Waals surface area contributed by atoms with Crippen molar-refractivity contribution in [1.29, 1.82) is 0 Å². The molecule has 2 fully saturated rings. The van der Waals surface area contributed by atoms with Gasteiger partial charge < -0.3 is 4.90 Å². The van der Waals surface area contributed by atoms with Crippen LogP contribution >= 0.6 is 11.6 Å². The number of hydrogen-bond donors (Lipinski definition) is 1. The summed E-state index contributed by atoms with van der Waals surface area (Å²) in [5.74, 6) is 0.542. The third kappa shape index (κ3) is 4.71. The van der Waals surface area contributed by atoms with Gasteiger partial charge in [0.25, 0.3) is 0 Å². The van der Waals surface area contributed by atoms with E-state index in [0.29, 0.717) is 12.4 Å². The van der Waals surface area contributed by atoms with Crippen molar-refractivity contribution >= 4 is 27.3 Å². The summed E-state index contributed by atoms with van der Waals surface area (Å²) < 4.78 is 27.8. The van der Waals surface area contributed by atoms with Crippen molar-refractivity contribution in [3.8, 4) is 0 Å². The van der Waals surface area contributed by atoms with E-state index in [2.05, 4.69) is 29.9 Å². The van der Waals surface area contributed by atoms with Gasteiger partial charge in [-0.05, 0) is 43.2 Å². The van der Waals surface area contributed by atoms with Crippen molar-refractivity contribution in [2.75, 3.05) is 37.6 Å². The molecule has 0 unspecified atom stereocenters. The summed E-state index contributed by atoms with van der Waals surface area (Å²) in [6, 6.07) is 5.92. The molecular formula is C18H26ClN7O2S. The van der Waals surface area contributed by atoms with Crippen molar-refractivity contribution in [2.24, 2.45) is 0 Å². The summed E-state index contributed by atoms with van der Waals surface area (Å²) in [6.45, 7) is 6.12. The smallest absolute Gasteiger partial charge is 0.242 e. The fourth-order valence-electron chi connectivity index (χ4n) is 3.78. The van der Waals surface area contributed by atoms with Crippen molar-refractivity contribution < 1.29 is 8.42 Å². The molecule has 29 heavy (non-hydrogen) atoms. The molecule has 1 aliphatic carbocycles. The van der Waals surface area contributed by atoms with Gasteiger partial charge in [-0.1, -0.05) is 18.0 Å². The third-order valence-electron chi connectivity index (χ3n) is 5.63. The molecule has 158 valence electrons. The van der Waals surface area contributed by atoms with Gasteiger partial charge in [-0.3, -0.25) is 4.90 Å². The molecule has 1 saturated heterocycles. The fraction of sp³-hybridized carbons (Fsp3) is 0.611. The van der Waals surface area contributed by atoms with Gasteiger partial charge in [0.15, 0.2) is 5.82 Å². The molecule has 9 nitrogen and oxygen atoms in total. The quantitative estimate of drug-likeness (QED) is 0.694. The molecule has 1 aromatic carbocycles. The lowest BCUT2D eigenvalue weighted by Crippen LogP contribution is -2.52. The number of sulfonamides is 1. The molecule has 1 aliphatic heterocycles. The maximum absolute atomic E-state index is 12.6. The summed E-state index contributed by atoms with van der Waals surface area (Å²) in [4.78, 5) is 6.27. The van der Waals surface area contributed by atoms with E-state index in [4.69, 9.17) is 11.6 Å². The lowest BCUT2D eigenvalue weighted by molar-refractivity contribution is 0.120. The number of benzene rings is 1.